The maximum atomic E-state index is 13.4. The Morgan fingerprint density at radius 3 is 2.00 bits per heavy atom. The van der Waals surface area contributed by atoms with Crippen LogP contribution in [-0.2, 0) is 4.74 Å². The van der Waals surface area contributed by atoms with Crippen LogP contribution in [0.15, 0.2) is 0 Å². The van der Waals surface area contributed by atoms with Gasteiger partial charge in [-0.2, -0.15) is 0 Å². The Bertz CT molecular complexity index is 494. The molecule has 3 aliphatic carbocycles. The van der Waals surface area contributed by atoms with Crippen molar-refractivity contribution in [2.45, 2.75) is 128 Å². The van der Waals surface area contributed by atoms with Gasteiger partial charge in [0.25, 0.3) is 0 Å². The van der Waals surface area contributed by atoms with E-state index < -0.39 is 6.17 Å². The summed E-state index contributed by atoms with van der Waals surface area (Å²) in [5, 5.41) is 10.8. The van der Waals surface area contributed by atoms with Gasteiger partial charge in [0, 0.05) is 13.2 Å². The van der Waals surface area contributed by atoms with Crippen molar-refractivity contribution < 1.29 is 14.2 Å². The third-order valence-corrected chi connectivity index (χ3v) is 9.46. The normalized spacial score (nSPS) is 34.2. The van der Waals surface area contributed by atoms with E-state index >= 15 is 0 Å². The second-order valence-corrected chi connectivity index (χ2v) is 11.7. The number of piperidine rings is 1. The zero-order valence-electron chi connectivity index (χ0n) is 20.6. The molecule has 4 fully saturated rings. The van der Waals surface area contributed by atoms with Crippen LogP contribution in [0.3, 0.4) is 0 Å². The summed E-state index contributed by atoms with van der Waals surface area (Å²) in [4.78, 5) is 2.45. The lowest BCUT2D eigenvalue weighted by atomic mass is 9.75. The first-order valence-corrected chi connectivity index (χ1v) is 14.3. The highest BCUT2D eigenvalue weighted by Gasteiger charge is 2.33. The van der Waals surface area contributed by atoms with E-state index in [4.69, 9.17) is 4.74 Å². The number of nitrogens with zero attached hydrogens (tertiary/aromatic N) is 1. The number of rotatable bonds is 9. The summed E-state index contributed by atoms with van der Waals surface area (Å²) in [5.74, 6) is 2.66. The lowest BCUT2D eigenvalue weighted by Gasteiger charge is -2.39. The topological polar surface area (TPSA) is 32.7 Å². The highest BCUT2D eigenvalue weighted by Crippen LogP contribution is 2.38. The number of likely N-dealkylation sites (tertiary alicyclic amines) is 1. The molecular weight excluding hydrogens is 401 g/mol. The fraction of sp³-hybridized carbons (Fsp3) is 1.00. The van der Waals surface area contributed by atoms with Crippen LogP contribution in [0.5, 0.6) is 0 Å². The highest BCUT2D eigenvalue weighted by molar-refractivity contribution is 4.84. The monoisotopic (exact) mass is 451 g/mol. The van der Waals surface area contributed by atoms with Gasteiger partial charge in [0.2, 0.25) is 0 Å². The van der Waals surface area contributed by atoms with E-state index in [1.807, 2.05) is 0 Å². The Morgan fingerprint density at radius 2 is 1.41 bits per heavy atom. The van der Waals surface area contributed by atoms with Crippen molar-refractivity contribution in [3.8, 4) is 0 Å². The van der Waals surface area contributed by atoms with E-state index in [1.165, 1.54) is 70.6 Å². The number of hydrogen-bond donors (Lipinski definition) is 1. The van der Waals surface area contributed by atoms with Crippen molar-refractivity contribution >= 4 is 0 Å². The molecule has 3 saturated carbocycles. The number of alkyl halides is 1. The fourth-order valence-electron chi connectivity index (χ4n) is 7.30. The van der Waals surface area contributed by atoms with Gasteiger partial charge < -0.3 is 14.7 Å². The predicted octanol–water partition coefficient (Wildman–Crippen LogP) is 6.52. The van der Waals surface area contributed by atoms with Crippen LogP contribution in [-0.4, -0.2) is 54.6 Å². The third-order valence-electron chi connectivity index (χ3n) is 9.46. The molecule has 0 spiro atoms. The van der Waals surface area contributed by atoms with Gasteiger partial charge in [-0.25, -0.2) is 4.39 Å². The van der Waals surface area contributed by atoms with E-state index in [0.29, 0.717) is 17.9 Å². The first kappa shape index (κ1) is 24.9. The molecule has 0 aromatic carbocycles. The largest absolute Gasteiger partial charge is 0.392 e. The minimum Gasteiger partial charge on any atom is -0.392 e. The van der Waals surface area contributed by atoms with E-state index in [2.05, 4.69) is 4.90 Å². The molecule has 4 aliphatic rings. The van der Waals surface area contributed by atoms with Gasteiger partial charge in [-0.15, -0.1) is 0 Å². The summed E-state index contributed by atoms with van der Waals surface area (Å²) >= 11 is 0. The smallest absolute Gasteiger partial charge is 0.100 e. The summed E-state index contributed by atoms with van der Waals surface area (Å²) in [5.41, 5.74) is 0. The van der Waals surface area contributed by atoms with Crippen LogP contribution in [0.2, 0.25) is 0 Å². The van der Waals surface area contributed by atoms with Crippen LogP contribution >= 0.6 is 0 Å². The van der Waals surface area contributed by atoms with E-state index in [9.17, 15) is 9.50 Å². The number of ether oxygens (including phenoxy) is 1. The van der Waals surface area contributed by atoms with E-state index in [-0.39, 0.29) is 6.10 Å². The quantitative estimate of drug-likeness (QED) is 0.433. The number of aliphatic hydroxyl groups is 1. The molecule has 1 N–H and O–H groups in total. The van der Waals surface area contributed by atoms with Crippen molar-refractivity contribution in [2.24, 2.45) is 23.7 Å². The van der Waals surface area contributed by atoms with Crippen LogP contribution in [0.25, 0.3) is 0 Å². The summed E-state index contributed by atoms with van der Waals surface area (Å²) in [6.07, 6.45) is 20.5. The Kier molecular flexibility index (Phi) is 10.2. The minimum atomic E-state index is -0.554. The van der Waals surface area contributed by atoms with Gasteiger partial charge in [0.1, 0.15) is 6.17 Å². The molecule has 2 atom stereocenters. The average molecular weight is 452 g/mol. The summed E-state index contributed by atoms with van der Waals surface area (Å²) < 4.78 is 20.0. The maximum absolute atomic E-state index is 13.4. The summed E-state index contributed by atoms with van der Waals surface area (Å²) in [6.45, 7) is 3.84. The van der Waals surface area contributed by atoms with Crippen molar-refractivity contribution in [3.05, 3.63) is 0 Å². The molecule has 0 radical (unpaired) electrons. The minimum absolute atomic E-state index is 0.211. The van der Waals surface area contributed by atoms with Gasteiger partial charge in [-0.3, -0.25) is 0 Å². The lowest BCUT2D eigenvalue weighted by Crippen LogP contribution is -2.45. The predicted molar refractivity (Wildman–Crippen MR) is 130 cm³/mol. The van der Waals surface area contributed by atoms with Gasteiger partial charge in [0.15, 0.2) is 0 Å². The van der Waals surface area contributed by atoms with E-state index in [0.717, 1.165) is 76.6 Å². The van der Waals surface area contributed by atoms with Crippen LogP contribution < -0.4 is 0 Å². The first-order chi connectivity index (χ1) is 15.7. The van der Waals surface area contributed by atoms with Gasteiger partial charge in [-0.05, 0) is 107 Å². The summed E-state index contributed by atoms with van der Waals surface area (Å²) in [7, 11) is 0. The van der Waals surface area contributed by atoms with Crippen LogP contribution in [0.1, 0.15) is 109 Å². The molecule has 2 unspecified atom stereocenters. The van der Waals surface area contributed by atoms with E-state index in [1.54, 1.807) is 0 Å². The SMILES string of the molecule is OC1CN(CCC2CCC(F)CC2)CCC1CCOC(C1CCCCC1)C1CCCCC1. The molecule has 1 saturated heterocycles. The molecule has 0 amide bonds. The number of hydrogen-bond acceptors (Lipinski definition) is 3. The van der Waals surface area contributed by atoms with Gasteiger partial charge in [0.05, 0.1) is 12.2 Å². The molecule has 186 valence electrons. The average Bonchev–Trinajstić information content (AvgIpc) is 2.84. The lowest BCUT2D eigenvalue weighted by molar-refractivity contribution is -0.0615. The molecular formula is C28H50FNO2. The Balaban J connectivity index is 1.17. The molecule has 4 rings (SSSR count). The highest BCUT2D eigenvalue weighted by atomic mass is 19.1. The van der Waals surface area contributed by atoms with Crippen LogP contribution in [0.4, 0.5) is 4.39 Å². The van der Waals surface area contributed by atoms with Crippen molar-refractivity contribution in [3.63, 3.8) is 0 Å². The Hall–Kier alpha value is -0.190. The van der Waals surface area contributed by atoms with Crippen molar-refractivity contribution in [1.29, 1.82) is 0 Å². The number of halogens is 1. The zero-order valence-corrected chi connectivity index (χ0v) is 20.6. The second kappa shape index (κ2) is 13.0. The molecule has 0 bridgehead atoms. The zero-order chi connectivity index (χ0) is 22.2. The summed E-state index contributed by atoms with van der Waals surface area (Å²) in [6, 6.07) is 0. The first-order valence-electron chi connectivity index (χ1n) is 14.3. The molecule has 3 nitrogen and oxygen atoms in total. The molecule has 1 heterocycles. The Morgan fingerprint density at radius 1 is 0.781 bits per heavy atom. The number of aliphatic hydroxyl groups excluding tert-OH is 1. The molecule has 0 aromatic rings. The Labute approximate surface area is 196 Å². The van der Waals surface area contributed by atoms with Crippen molar-refractivity contribution in [2.75, 3.05) is 26.2 Å². The molecule has 0 aromatic heterocycles. The molecule has 1 aliphatic heterocycles. The second-order valence-electron chi connectivity index (χ2n) is 11.7. The molecule has 4 heteroatoms. The standard InChI is InChI=1S/C28H50FNO2/c29-26-13-11-22(12-14-26)15-18-30-19-16-23(27(31)21-30)17-20-32-28(24-7-3-1-4-8-24)25-9-5-2-6-10-25/h22-28,31H,1-21H2. The van der Waals surface area contributed by atoms with Crippen molar-refractivity contribution in [1.82, 2.24) is 4.90 Å². The van der Waals surface area contributed by atoms with Gasteiger partial charge in [-0.1, -0.05) is 38.5 Å². The third kappa shape index (κ3) is 7.40. The van der Waals surface area contributed by atoms with Crippen LogP contribution in [0, 0.1) is 23.7 Å². The maximum Gasteiger partial charge on any atom is 0.100 e. The number of β-amino-alcohol motifs (C(OH)–C–C–N with tert-alkyl or cyclic N) is 1. The molecule has 32 heavy (non-hydrogen) atoms. The fourth-order valence-corrected chi connectivity index (χ4v) is 7.30. The van der Waals surface area contributed by atoms with Gasteiger partial charge >= 0.3 is 0 Å².